The zero-order chi connectivity index (χ0) is 17.7. The van der Waals surface area contributed by atoms with Crippen molar-refractivity contribution < 1.29 is 14.3 Å². The standard InChI is InChI=1S/C19H27N3O3/c1-2-25-16-8-5-7-15(13-16)14-20-11-6-12-22-17(23)19(21-18(22)24)9-3-4-10-19/h5,7-8,13,20H,2-4,6,9-12,14H2,1H3,(H,21,24). The van der Waals surface area contributed by atoms with Gasteiger partial charge < -0.3 is 15.4 Å². The van der Waals surface area contributed by atoms with Crippen LogP contribution in [0.4, 0.5) is 4.79 Å². The molecule has 6 heteroatoms. The zero-order valence-electron chi connectivity index (χ0n) is 14.8. The second-order valence-electron chi connectivity index (χ2n) is 6.79. The van der Waals surface area contributed by atoms with E-state index in [-0.39, 0.29) is 11.9 Å². The molecule has 0 unspecified atom stereocenters. The minimum atomic E-state index is -0.593. The SMILES string of the molecule is CCOc1cccc(CNCCCN2C(=O)NC3(CCCC3)C2=O)c1. The van der Waals surface area contributed by atoms with E-state index in [9.17, 15) is 9.59 Å². The van der Waals surface area contributed by atoms with Gasteiger partial charge in [0, 0.05) is 13.1 Å². The molecule has 0 aromatic heterocycles. The van der Waals surface area contributed by atoms with Crippen LogP contribution in [0.1, 0.15) is 44.6 Å². The molecule has 1 aromatic rings. The van der Waals surface area contributed by atoms with Gasteiger partial charge in [0.15, 0.2) is 0 Å². The molecule has 2 aliphatic rings. The number of rotatable bonds is 8. The Hall–Kier alpha value is -2.08. The number of urea groups is 1. The Morgan fingerprint density at radius 3 is 2.84 bits per heavy atom. The van der Waals surface area contributed by atoms with E-state index in [2.05, 4.69) is 16.7 Å². The lowest BCUT2D eigenvalue weighted by atomic mass is 9.98. The Morgan fingerprint density at radius 1 is 1.28 bits per heavy atom. The van der Waals surface area contributed by atoms with Crippen molar-refractivity contribution in [3.8, 4) is 5.75 Å². The smallest absolute Gasteiger partial charge is 0.325 e. The predicted octanol–water partition coefficient (Wildman–Crippen LogP) is 2.43. The first kappa shape index (κ1) is 17.7. The van der Waals surface area contributed by atoms with E-state index in [1.165, 1.54) is 4.90 Å². The van der Waals surface area contributed by atoms with Gasteiger partial charge in [0.2, 0.25) is 0 Å². The van der Waals surface area contributed by atoms with E-state index in [0.29, 0.717) is 13.2 Å². The second kappa shape index (κ2) is 7.87. The molecule has 6 nitrogen and oxygen atoms in total. The Morgan fingerprint density at radius 2 is 2.08 bits per heavy atom. The summed E-state index contributed by atoms with van der Waals surface area (Å²) in [5.41, 5.74) is 0.565. The number of carbonyl (C=O) groups is 2. The van der Waals surface area contributed by atoms with E-state index in [0.717, 1.165) is 56.5 Å². The molecular formula is C19H27N3O3. The van der Waals surface area contributed by atoms with Gasteiger partial charge in [-0.2, -0.15) is 0 Å². The molecule has 1 aliphatic heterocycles. The molecule has 2 fully saturated rings. The van der Waals surface area contributed by atoms with Gasteiger partial charge >= 0.3 is 6.03 Å². The van der Waals surface area contributed by atoms with Gasteiger partial charge in [-0.1, -0.05) is 25.0 Å². The highest BCUT2D eigenvalue weighted by atomic mass is 16.5. The summed E-state index contributed by atoms with van der Waals surface area (Å²) in [7, 11) is 0. The van der Waals surface area contributed by atoms with Crippen LogP contribution in [0, 0.1) is 0 Å². The molecule has 3 rings (SSSR count). The van der Waals surface area contributed by atoms with Gasteiger partial charge in [0.05, 0.1) is 6.61 Å². The Bertz CT molecular complexity index is 626. The Kier molecular flexibility index (Phi) is 5.58. The zero-order valence-corrected chi connectivity index (χ0v) is 14.8. The number of nitrogens with one attached hydrogen (secondary N) is 2. The second-order valence-corrected chi connectivity index (χ2v) is 6.79. The van der Waals surface area contributed by atoms with Crippen molar-refractivity contribution in [2.45, 2.75) is 51.1 Å². The average Bonchev–Trinajstić information content (AvgIpc) is 3.15. The van der Waals surface area contributed by atoms with Gasteiger partial charge in [-0.25, -0.2) is 4.79 Å². The lowest BCUT2D eigenvalue weighted by Crippen LogP contribution is -2.44. The minimum absolute atomic E-state index is 0.0283. The summed E-state index contributed by atoms with van der Waals surface area (Å²) < 4.78 is 5.49. The van der Waals surface area contributed by atoms with Gasteiger partial charge in [0.1, 0.15) is 11.3 Å². The third-order valence-electron chi connectivity index (χ3n) is 4.98. The third kappa shape index (κ3) is 3.95. The van der Waals surface area contributed by atoms with Crippen molar-refractivity contribution >= 4 is 11.9 Å². The summed E-state index contributed by atoms with van der Waals surface area (Å²) in [4.78, 5) is 26.0. The van der Waals surface area contributed by atoms with E-state index in [1.807, 2.05) is 25.1 Å². The summed E-state index contributed by atoms with van der Waals surface area (Å²) in [6.07, 6.45) is 4.34. The van der Waals surface area contributed by atoms with Crippen LogP contribution in [0.15, 0.2) is 24.3 Å². The molecule has 2 N–H and O–H groups in total. The van der Waals surface area contributed by atoms with Gasteiger partial charge in [-0.3, -0.25) is 9.69 Å². The number of hydrogen-bond donors (Lipinski definition) is 2. The quantitative estimate of drug-likeness (QED) is 0.561. The first-order chi connectivity index (χ1) is 12.1. The molecule has 1 saturated heterocycles. The molecule has 1 heterocycles. The van der Waals surface area contributed by atoms with Crippen molar-refractivity contribution in [1.29, 1.82) is 0 Å². The summed E-state index contributed by atoms with van der Waals surface area (Å²) in [6.45, 7) is 4.59. The van der Waals surface area contributed by atoms with Crippen molar-refractivity contribution in [2.75, 3.05) is 19.7 Å². The molecule has 1 spiro atoms. The fraction of sp³-hybridized carbons (Fsp3) is 0.579. The maximum absolute atomic E-state index is 12.5. The van der Waals surface area contributed by atoms with Gasteiger partial charge in [-0.05, 0) is 50.4 Å². The molecule has 3 amide bonds. The number of imide groups is 1. The number of nitrogens with zero attached hydrogens (tertiary/aromatic N) is 1. The number of hydrogen-bond acceptors (Lipinski definition) is 4. The highest BCUT2D eigenvalue weighted by molar-refractivity contribution is 6.07. The van der Waals surface area contributed by atoms with Crippen molar-refractivity contribution in [3.05, 3.63) is 29.8 Å². The van der Waals surface area contributed by atoms with Crippen LogP contribution in [0.2, 0.25) is 0 Å². The molecule has 136 valence electrons. The largest absolute Gasteiger partial charge is 0.494 e. The molecule has 1 aliphatic carbocycles. The van der Waals surface area contributed by atoms with Crippen LogP contribution < -0.4 is 15.4 Å². The molecule has 25 heavy (non-hydrogen) atoms. The van der Waals surface area contributed by atoms with E-state index < -0.39 is 5.54 Å². The average molecular weight is 345 g/mol. The van der Waals surface area contributed by atoms with Crippen molar-refractivity contribution in [3.63, 3.8) is 0 Å². The van der Waals surface area contributed by atoms with Crippen LogP contribution in [-0.2, 0) is 11.3 Å². The Balaban J connectivity index is 1.41. The van der Waals surface area contributed by atoms with Crippen LogP contribution in [0.3, 0.4) is 0 Å². The van der Waals surface area contributed by atoms with Gasteiger partial charge in [0.25, 0.3) is 5.91 Å². The first-order valence-electron chi connectivity index (χ1n) is 9.21. The molecule has 0 bridgehead atoms. The van der Waals surface area contributed by atoms with Crippen LogP contribution in [0.25, 0.3) is 0 Å². The molecule has 1 saturated carbocycles. The van der Waals surface area contributed by atoms with Crippen LogP contribution in [-0.4, -0.2) is 42.1 Å². The normalized spacial score (nSPS) is 18.8. The molecule has 1 aromatic carbocycles. The fourth-order valence-electron chi connectivity index (χ4n) is 3.70. The maximum atomic E-state index is 12.5. The lowest BCUT2D eigenvalue weighted by Gasteiger charge is -2.20. The van der Waals surface area contributed by atoms with Crippen LogP contribution >= 0.6 is 0 Å². The maximum Gasteiger partial charge on any atom is 0.325 e. The number of ether oxygens (including phenoxy) is 1. The first-order valence-corrected chi connectivity index (χ1v) is 9.21. The highest BCUT2D eigenvalue weighted by Crippen LogP contribution is 2.34. The molecular weight excluding hydrogens is 318 g/mol. The van der Waals surface area contributed by atoms with E-state index in [1.54, 1.807) is 0 Å². The van der Waals surface area contributed by atoms with E-state index in [4.69, 9.17) is 4.74 Å². The number of carbonyl (C=O) groups excluding carboxylic acids is 2. The van der Waals surface area contributed by atoms with Crippen molar-refractivity contribution in [1.82, 2.24) is 15.5 Å². The number of amides is 3. The molecule has 0 radical (unpaired) electrons. The van der Waals surface area contributed by atoms with Gasteiger partial charge in [-0.15, -0.1) is 0 Å². The monoisotopic (exact) mass is 345 g/mol. The van der Waals surface area contributed by atoms with E-state index >= 15 is 0 Å². The van der Waals surface area contributed by atoms with Crippen molar-refractivity contribution in [2.24, 2.45) is 0 Å². The summed E-state index contributed by atoms with van der Waals surface area (Å²) >= 11 is 0. The Labute approximate surface area is 148 Å². The lowest BCUT2D eigenvalue weighted by molar-refractivity contribution is -0.131. The number of benzene rings is 1. The fourth-order valence-corrected chi connectivity index (χ4v) is 3.70. The third-order valence-corrected chi connectivity index (χ3v) is 4.98. The predicted molar refractivity (Wildman–Crippen MR) is 95.4 cm³/mol. The summed E-state index contributed by atoms with van der Waals surface area (Å²) in [5.74, 6) is 0.849. The molecule has 0 atom stereocenters. The highest BCUT2D eigenvalue weighted by Gasteiger charge is 2.51. The summed E-state index contributed by atoms with van der Waals surface area (Å²) in [5, 5.41) is 6.28. The minimum Gasteiger partial charge on any atom is -0.494 e. The van der Waals surface area contributed by atoms with Crippen LogP contribution in [0.5, 0.6) is 5.75 Å². The topological polar surface area (TPSA) is 70.7 Å². The summed E-state index contributed by atoms with van der Waals surface area (Å²) in [6, 6.07) is 7.78.